The van der Waals surface area contributed by atoms with Gasteiger partial charge in [-0.25, -0.2) is 14.2 Å². The molecule has 0 aliphatic carbocycles. The molecule has 2 aromatic rings. The van der Waals surface area contributed by atoms with Crippen molar-refractivity contribution < 1.29 is 23.6 Å². The van der Waals surface area contributed by atoms with Crippen molar-refractivity contribution in [3.63, 3.8) is 0 Å². The molecule has 0 radical (unpaired) electrons. The van der Waals surface area contributed by atoms with E-state index >= 15 is 0 Å². The number of nitrogens with zero attached hydrogens (tertiary/aromatic N) is 2. The fraction of sp³-hybridized carbons (Fsp3) is 0.0667. The lowest BCUT2D eigenvalue weighted by atomic mass is 10.2. The molecule has 25 heavy (non-hydrogen) atoms. The summed E-state index contributed by atoms with van der Waals surface area (Å²) in [5, 5.41) is 15.2. The number of allylic oxidation sites excluding steroid dienone is 5. The molecule has 0 atom stereocenters. The van der Waals surface area contributed by atoms with Crippen molar-refractivity contribution in [3.8, 4) is 0 Å². The minimum absolute atomic E-state index is 0.0496. The zero-order valence-electron chi connectivity index (χ0n) is 12.9. The Kier molecular flexibility index (Phi) is 5.45. The van der Waals surface area contributed by atoms with Crippen LogP contribution in [0.3, 0.4) is 0 Å². The summed E-state index contributed by atoms with van der Waals surface area (Å²) in [5.41, 5.74) is 5.89. The molecule has 10 heteroatoms. The number of carbonyl (C=O) groups is 2. The van der Waals surface area contributed by atoms with Gasteiger partial charge in [0.25, 0.3) is 0 Å². The van der Waals surface area contributed by atoms with E-state index in [-0.39, 0.29) is 22.1 Å². The molecule has 0 fully saturated rings. The minimum Gasteiger partial charge on any atom is -0.476 e. The number of nitrogen functional groups attached to an aromatic ring is 1. The second kappa shape index (κ2) is 7.53. The summed E-state index contributed by atoms with van der Waals surface area (Å²) in [6.07, 6.45) is 3.73. The van der Waals surface area contributed by atoms with Crippen molar-refractivity contribution in [2.24, 2.45) is 0 Å². The van der Waals surface area contributed by atoms with Crippen LogP contribution in [0.25, 0.3) is 0 Å². The Balaban J connectivity index is 2.20. The fourth-order valence-corrected chi connectivity index (χ4v) is 2.52. The summed E-state index contributed by atoms with van der Waals surface area (Å²) in [6, 6.07) is 1.00. The van der Waals surface area contributed by atoms with E-state index in [0.717, 1.165) is 23.5 Å². The van der Waals surface area contributed by atoms with Gasteiger partial charge in [0, 0.05) is 11.8 Å². The lowest BCUT2D eigenvalue weighted by molar-refractivity contribution is 0.0685. The number of carbonyl (C=O) groups excluding carboxylic acids is 1. The number of carboxylic acid groups (broad SMARTS) is 1. The number of hydrogen-bond donors (Lipinski definition) is 3. The Labute approximate surface area is 145 Å². The minimum atomic E-state index is -1.32. The van der Waals surface area contributed by atoms with E-state index in [2.05, 4.69) is 22.0 Å². The van der Waals surface area contributed by atoms with Gasteiger partial charge in [-0.15, -0.1) is 0 Å². The summed E-state index contributed by atoms with van der Waals surface area (Å²) < 4.78 is 17.7. The standard InChI is InChI=1S/C15H13FN4O4S/c1-3-8(16)5-4-7(2)18-15-19-13(17)12(25-15)11(21)10-6-9(14(22)23)20-24-10/h3-6H,1,17H2,2H3,(H,18,19)(H,22,23)/b7-4+,8-5+. The largest absolute Gasteiger partial charge is 0.476 e. The van der Waals surface area contributed by atoms with E-state index in [4.69, 9.17) is 15.4 Å². The maximum Gasteiger partial charge on any atom is 0.358 e. The Morgan fingerprint density at radius 2 is 2.20 bits per heavy atom. The number of thiazole rings is 1. The Morgan fingerprint density at radius 3 is 2.80 bits per heavy atom. The van der Waals surface area contributed by atoms with Gasteiger partial charge in [-0.2, -0.15) is 0 Å². The highest BCUT2D eigenvalue weighted by Gasteiger charge is 2.23. The summed E-state index contributed by atoms with van der Waals surface area (Å²) in [4.78, 5) is 27.1. The van der Waals surface area contributed by atoms with Crippen LogP contribution in [-0.2, 0) is 0 Å². The topological polar surface area (TPSA) is 131 Å². The van der Waals surface area contributed by atoms with Crippen molar-refractivity contribution in [3.05, 3.63) is 58.7 Å². The van der Waals surface area contributed by atoms with Crippen LogP contribution in [0.1, 0.15) is 32.8 Å². The van der Waals surface area contributed by atoms with Gasteiger partial charge in [-0.3, -0.25) is 4.79 Å². The molecule has 0 aromatic carbocycles. The van der Waals surface area contributed by atoms with Gasteiger partial charge in [0.15, 0.2) is 10.8 Å². The van der Waals surface area contributed by atoms with Crippen molar-refractivity contribution in [2.75, 3.05) is 11.1 Å². The van der Waals surface area contributed by atoms with E-state index < -0.39 is 17.6 Å². The number of aromatic carboxylic acids is 1. The second-order valence-corrected chi connectivity index (χ2v) is 5.67. The number of ketones is 1. The van der Waals surface area contributed by atoms with Crippen molar-refractivity contribution in [1.29, 1.82) is 0 Å². The molecule has 130 valence electrons. The van der Waals surface area contributed by atoms with Crippen LogP contribution in [0.2, 0.25) is 0 Å². The molecule has 2 aromatic heterocycles. The number of hydrogen-bond acceptors (Lipinski definition) is 8. The van der Waals surface area contributed by atoms with Crippen LogP contribution in [0, 0.1) is 0 Å². The normalized spacial score (nSPS) is 12.1. The van der Waals surface area contributed by atoms with Crippen LogP contribution in [0.15, 0.2) is 46.9 Å². The molecule has 0 unspecified atom stereocenters. The zero-order chi connectivity index (χ0) is 18.6. The monoisotopic (exact) mass is 364 g/mol. The summed E-state index contributed by atoms with van der Waals surface area (Å²) in [5.74, 6) is -2.77. The highest BCUT2D eigenvalue weighted by molar-refractivity contribution is 7.18. The first-order valence-corrected chi connectivity index (χ1v) is 7.58. The summed E-state index contributed by atoms with van der Waals surface area (Å²) in [7, 11) is 0. The number of anilines is 2. The molecule has 8 nitrogen and oxygen atoms in total. The average molecular weight is 364 g/mol. The summed E-state index contributed by atoms with van der Waals surface area (Å²) in [6.45, 7) is 4.96. The van der Waals surface area contributed by atoms with E-state index in [1.165, 1.54) is 12.2 Å². The van der Waals surface area contributed by atoms with Crippen LogP contribution >= 0.6 is 11.3 Å². The lowest BCUT2D eigenvalue weighted by Crippen LogP contribution is -2.01. The molecular formula is C15H13FN4O4S. The van der Waals surface area contributed by atoms with Crippen molar-refractivity contribution >= 4 is 34.0 Å². The quantitative estimate of drug-likeness (QED) is 0.505. The van der Waals surface area contributed by atoms with Crippen molar-refractivity contribution in [1.82, 2.24) is 10.1 Å². The maximum atomic E-state index is 13.0. The lowest BCUT2D eigenvalue weighted by Gasteiger charge is -1.99. The molecule has 0 saturated carbocycles. The van der Waals surface area contributed by atoms with Gasteiger partial charge in [-0.05, 0) is 25.2 Å². The van der Waals surface area contributed by atoms with Gasteiger partial charge < -0.3 is 20.7 Å². The number of nitrogens with one attached hydrogen (secondary N) is 1. The van der Waals surface area contributed by atoms with Crippen LogP contribution in [0.5, 0.6) is 0 Å². The highest BCUT2D eigenvalue weighted by Crippen LogP contribution is 2.28. The van der Waals surface area contributed by atoms with E-state index in [9.17, 15) is 14.0 Å². The fourth-order valence-electron chi connectivity index (χ4n) is 1.63. The van der Waals surface area contributed by atoms with E-state index in [1.54, 1.807) is 6.92 Å². The van der Waals surface area contributed by atoms with Crippen LogP contribution < -0.4 is 11.1 Å². The molecule has 2 rings (SSSR count). The number of aromatic nitrogens is 2. The first-order chi connectivity index (χ1) is 11.8. The maximum absolute atomic E-state index is 13.0. The van der Waals surface area contributed by atoms with Gasteiger partial charge in [0.2, 0.25) is 11.5 Å². The molecule has 4 N–H and O–H groups in total. The molecule has 0 aliphatic rings. The number of nitrogens with two attached hydrogens (primary N) is 1. The Morgan fingerprint density at radius 1 is 1.48 bits per heavy atom. The van der Waals surface area contributed by atoms with Crippen LogP contribution in [0.4, 0.5) is 15.3 Å². The van der Waals surface area contributed by atoms with E-state index in [0.29, 0.717) is 10.8 Å². The SMILES string of the molecule is C=C/C(F)=C\C=C(/C)Nc1nc(N)c(C(=O)c2cc(C(=O)O)no2)s1. The molecule has 0 amide bonds. The van der Waals surface area contributed by atoms with Gasteiger partial charge >= 0.3 is 5.97 Å². The molecular weight excluding hydrogens is 351 g/mol. The first-order valence-electron chi connectivity index (χ1n) is 6.76. The predicted octanol–water partition coefficient (Wildman–Crippen LogP) is 3.00. The number of halogens is 1. The first kappa shape index (κ1) is 18.1. The van der Waals surface area contributed by atoms with E-state index in [1.807, 2.05) is 0 Å². The third-order valence-corrected chi connectivity index (χ3v) is 3.79. The van der Waals surface area contributed by atoms with Crippen molar-refractivity contribution in [2.45, 2.75) is 6.92 Å². The van der Waals surface area contributed by atoms with Gasteiger partial charge in [0.1, 0.15) is 16.5 Å². The highest BCUT2D eigenvalue weighted by atomic mass is 32.1. The molecule has 0 bridgehead atoms. The Hall–Kier alpha value is -3.27. The number of carboxylic acids is 1. The molecule has 0 saturated heterocycles. The molecule has 0 aliphatic heterocycles. The van der Waals surface area contributed by atoms with Crippen LogP contribution in [-0.4, -0.2) is 27.0 Å². The smallest absolute Gasteiger partial charge is 0.358 e. The molecule has 2 heterocycles. The Bertz CT molecular complexity index is 897. The molecule has 0 spiro atoms. The number of rotatable bonds is 7. The van der Waals surface area contributed by atoms with Gasteiger partial charge in [0.05, 0.1) is 0 Å². The second-order valence-electron chi connectivity index (χ2n) is 4.67. The third kappa shape index (κ3) is 4.38. The third-order valence-electron chi connectivity index (χ3n) is 2.80. The van der Waals surface area contributed by atoms with Gasteiger partial charge in [-0.1, -0.05) is 23.1 Å². The average Bonchev–Trinajstić information content (AvgIpc) is 3.19. The predicted molar refractivity (Wildman–Crippen MR) is 90.2 cm³/mol. The summed E-state index contributed by atoms with van der Waals surface area (Å²) >= 11 is 0.941. The zero-order valence-corrected chi connectivity index (χ0v) is 13.8.